The molecule has 2 aromatic carbocycles. The van der Waals surface area contributed by atoms with Crippen LogP contribution in [0.15, 0.2) is 36.4 Å². The zero-order chi connectivity index (χ0) is 24.6. The number of aryl methyl sites for hydroxylation is 1. The summed E-state index contributed by atoms with van der Waals surface area (Å²) in [5, 5.41) is 12.5. The Labute approximate surface area is 208 Å². The van der Waals surface area contributed by atoms with E-state index in [1.165, 1.54) is 0 Å². The normalized spacial score (nSPS) is 24.2. The Hall–Kier alpha value is -2.15. The van der Waals surface area contributed by atoms with Gasteiger partial charge < -0.3 is 24.2 Å². The summed E-state index contributed by atoms with van der Waals surface area (Å²) in [5.74, 6) is 0.836. The first-order valence-electron chi connectivity index (χ1n) is 13.0. The van der Waals surface area contributed by atoms with Gasteiger partial charge in [-0.25, -0.2) is 4.39 Å². The van der Waals surface area contributed by atoms with Crippen molar-refractivity contribution in [1.82, 2.24) is 0 Å². The molecule has 1 N–H and O–H groups in total. The van der Waals surface area contributed by atoms with Crippen molar-refractivity contribution in [2.75, 3.05) is 39.3 Å². The lowest BCUT2D eigenvalue weighted by molar-refractivity contribution is -0.141. The Kier molecular flexibility index (Phi) is 6.81. The topological polar surface area (TPSA) is 51.2 Å². The number of ether oxygens (including phenoxy) is 3. The number of hydrogen-bond acceptors (Lipinski definition) is 5. The van der Waals surface area contributed by atoms with Crippen LogP contribution in [-0.2, 0) is 21.5 Å². The van der Waals surface area contributed by atoms with E-state index >= 15 is 4.39 Å². The van der Waals surface area contributed by atoms with Crippen molar-refractivity contribution in [2.45, 2.75) is 63.3 Å². The van der Waals surface area contributed by atoms with Crippen LogP contribution in [0.3, 0.4) is 0 Å². The summed E-state index contributed by atoms with van der Waals surface area (Å²) < 4.78 is 32.0. The van der Waals surface area contributed by atoms with Gasteiger partial charge in [0.25, 0.3) is 0 Å². The molecule has 2 fully saturated rings. The van der Waals surface area contributed by atoms with Gasteiger partial charge in [0.05, 0.1) is 12.8 Å². The monoisotopic (exact) mass is 483 g/mol. The standard InChI is InChI=1S/C29H38FNO4/c1-33-23-7-8-24-21(18-23)10-15-28(13-4-5-14-28)29(24,32)22-6-9-26(25(30)19-22)31-16-11-20(12-17-31)27(34-2)35-3/h6-9,18-20,27,32H,4-5,10-17H2,1-3H3. The van der Waals surface area contributed by atoms with Crippen LogP contribution in [0.2, 0.25) is 0 Å². The predicted molar refractivity (Wildman–Crippen MR) is 134 cm³/mol. The van der Waals surface area contributed by atoms with Crippen molar-refractivity contribution < 1.29 is 23.7 Å². The highest BCUT2D eigenvalue weighted by Crippen LogP contribution is 2.60. The maximum absolute atomic E-state index is 15.7. The van der Waals surface area contributed by atoms with Crippen molar-refractivity contribution in [3.63, 3.8) is 0 Å². The maximum atomic E-state index is 15.7. The minimum absolute atomic E-state index is 0.216. The number of rotatable bonds is 6. The Morgan fingerprint density at radius 3 is 2.31 bits per heavy atom. The highest BCUT2D eigenvalue weighted by Gasteiger charge is 2.56. The van der Waals surface area contributed by atoms with Crippen LogP contribution in [-0.4, -0.2) is 45.8 Å². The molecule has 2 aliphatic carbocycles. The third-order valence-electron chi connectivity index (χ3n) is 9.00. The average Bonchev–Trinajstić information content (AvgIpc) is 3.37. The second-order valence-electron chi connectivity index (χ2n) is 10.6. The van der Waals surface area contributed by atoms with Gasteiger partial charge in [-0.1, -0.05) is 25.0 Å². The SMILES string of the molecule is COc1ccc2c(c1)CCC1(CCCC1)C2(O)c1ccc(N2CCC(C(OC)OC)CC2)c(F)c1. The molecule has 1 heterocycles. The largest absolute Gasteiger partial charge is 0.497 e. The van der Waals surface area contributed by atoms with Gasteiger partial charge >= 0.3 is 0 Å². The van der Waals surface area contributed by atoms with Gasteiger partial charge in [-0.15, -0.1) is 0 Å². The molecule has 1 aliphatic heterocycles. The molecule has 6 heteroatoms. The molecule has 1 unspecified atom stereocenters. The molecule has 0 bridgehead atoms. The molecule has 3 aliphatic rings. The first kappa shape index (κ1) is 24.5. The Morgan fingerprint density at radius 2 is 1.69 bits per heavy atom. The van der Waals surface area contributed by atoms with Gasteiger partial charge in [0.15, 0.2) is 6.29 Å². The molecule has 1 atom stereocenters. The zero-order valence-electron chi connectivity index (χ0n) is 21.2. The quantitative estimate of drug-likeness (QED) is 0.557. The lowest BCUT2D eigenvalue weighted by Crippen LogP contribution is -2.48. The minimum Gasteiger partial charge on any atom is -0.497 e. The molecule has 0 radical (unpaired) electrons. The predicted octanol–water partition coefficient (Wildman–Crippen LogP) is 5.41. The highest BCUT2D eigenvalue weighted by molar-refractivity contribution is 5.54. The molecule has 0 aromatic heterocycles. The molecule has 5 nitrogen and oxygen atoms in total. The van der Waals surface area contributed by atoms with E-state index in [9.17, 15) is 5.11 Å². The molecular formula is C29H38FNO4. The van der Waals surface area contributed by atoms with Gasteiger partial charge in [-0.2, -0.15) is 0 Å². The molecule has 2 aromatic rings. The van der Waals surface area contributed by atoms with Crippen LogP contribution in [0.1, 0.15) is 61.6 Å². The number of nitrogens with zero attached hydrogens (tertiary/aromatic N) is 1. The number of hydrogen-bond donors (Lipinski definition) is 1. The fraction of sp³-hybridized carbons (Fsp3) is 0.586. The number of piperidine rings is 1. The number of anilines is 1. The van der Waals surface area contributed by atoms with E-state index in [1.54, 1.807) is 27.4 Å². The summed E-state index contributed by atoms with van der Waals surface area (Å²) in [4.78, 5) is 2.10. The highest BCUT2D eigenvalue weighted by atomic mass is 19.1. The second-order valence-corrected chi connectivity index (χ2v) is 10.6. The van der Waals surface area contributed by atoms with Crippen molar-refractivity contribution in [3.8, 4) is 5.75 Å². The van der Waals surface area contributed by atoms with E-state index < -0.39 is 5.60 Å². The summed E-state index contributed by atoms with van der Waals surface area (Å²) >= 11 is 0. The lowest BCUT2D eigenvalue weighted by Gasteiger charge is -2.50. The molecule has 1 saturated carbocycles. The summed E-state index contributed by atoms with van der Waals surface area (Å²) in [6.45, 7) is 1.50. The van der Waals surface area contributed by atoms with E-state index in [-0.39, 0.29) is 17.5 Å². The average molecular weight is 484 g/mol. The lowest BCUT2D eigenvalue weighted by atomic mass is 9.57. The van der Waals surface area contributed by atoms with Gasteiger partial charge in [0.2, 0.25) is 0 Å². The third-order valence-corrected chi connectivity index (χ3v) is 9.00. The fourth-order valence-corrected chi connectivity index (χ4v) is 7.10. The summed E-state index contributed by atoms with van der Waals surface area (Å²) in [5.41, 5.74) is 1.82. The number of methoxy groups -OCH3 is 3. The van der Waals surface area contributed by atoms with Gasteiger partial charge in [-0.3, -0.25) is 0 Å². The molecule has 5 rings (SSSR count). The maximum Gasteiger partial charge on any atom is 0.159 e. The smallest absolute Gasteiger partial charge is 0.159 e. The first-order chi connectivity index (χ1) is 17.0. The van der Waals surface area contributed by atoms with Crippen molar-refractivity contribution >= 4 is 5.69 Å². The fourth-order valence-electron chi connectivity index (χ4n) is 7.10. The van der Waals surface area contributed by atoms with E-state index in [1.807, 2.05) is 30.3 Å². The van der Waals surface area contributed by atoms with Crippen LogP contribution in [0.25, 0.3) is 0 Å². The molecule has 0 amide bonds. The first-order valence-corrected chi connectivity index (χ1v) is 13.0. The Bertz CT molecular complexity index is 1040. The van der Waals surface area contributed by atoms with E-state index in [4.69, 9.17) is 14.2 Å². The molecule has 1 spiro atoms. The summed E-state index contributed by atoms with van der Waals surface area (Å²) in [7, 11) is 5.00. The Morgan fingerprint density at radius 1 is 0.971 bits per heavy atom. The van der Waals surface area contributed by atoms with Gasteiger partial charge in [0.1, 0.15) is 17.2 Å². The third kappa shape index (κ3) is 4.04. The van der Waals surface area contributed by atoms with Crippen LogP contribution >= 0.6 is 0 Å². The molecule has 190 valence electrons. The van der Waals surface area contributed by atoms with E-state index in [2.05, 4.69) is 4.90 Å². The van der Waals surface area contributed by atoms with E-state index in [0.717, 1.165) is 81.3 Å². The van der Waals surface area contributed by atoms with Crippen LogP contribution in [0, 0.1) is 17.2 Å². The number of aliphatic hydroxyl groups is 1. The summed E-state index contributed by atoms with van der Waals surface area (Å²) in [6, 6.07) is 11.4. The van der Waals surface area contributed by atoms with E-state index in [0.29, 0.717) is 17.2 Å². The van der Waals surface area contributed by atoms with Gasteiger partial charge in [-0.05, 0) is 79.5 Å². The zero-order valence-corrected chi connectivity index (χ0v) is 21.2. The molecular weight excluding hydrogens is 445 g/mol. The van der Waals surface area contributed by atoms with Crippen molar-refractivity contribution in [3.05, 3.63) is 58.9 Å². The Balaban J connectivity index is 1.47. The van der Waals surface area contributed by atoms with Crippen LogP contribution in [0.4, 0.5) is 10.1 Å². The minimum atomic E-state index is -1.21. The molecule has 1 saturated heterocycles. The number of fused-ring (bicyclic) bond motifs is 1. The van der Waals surface area contributed by atoms with Gasteiger partial charge in [0, 0.05) is 38.6 Å². The van der Waals surface area contributed by atoms with Crippen molar-refractivity contribution in [2.24, 2.45) is 11.3 Å². The molecule has 35 heavy (non-hydrogen) atoms. The van der Waals surface area contributed by atoms with Crippen LogP contribution in [0.5, 0.6) is 5.75 Å². The number of benzene rings is 2. The summed E-state index contributed by atoms with van der Waals surface area (Å²) in [6.07, 6.45) is 7.50. The second kappa shape index (κ2) is 9.72. The van der Waals surface area contributed by atoms with Crippen LogP contribution < -0.4 is 9.64 Å². The number of halogens is 1. The van der Waals surface area contributed by atoms with Crippen molar-refractivity contribution in [1.29, 1.82) is 0 Å².